The summed E-state index contributed by atoms with van der Waals surface area (Å²) < 4.78 is 10.7. The van der Waals surface area contributed by atoms with Crippen LogP contribution < -0.4 is 14.8 Å². The van der Waals surface area contributed by atoms with Crippen molar-refractivity contribution in [2.45, 2.75) is 20.0 Å². The number of carbonyl (C=O) groups excluding carboxylic acids is 1. The van der Waals surface area contributed by atoms with Crippen LogP contribution in [0.2, 0.25) is 5.02 Å². The van der Waals surface area contributed by atoms with E-state index in [1.165, 1.54) is 0 Å². The fourth-order valence-electron chi connectivity index (χ4n) is 1.85. The van der Waals surface area contributed by atoms with Crippen LogP contribution in [-0.4, -0.2) is 19.1 Å². The molecule has 0 heterocycles. The molecule has 1 N–H and O–H groups in total. The van der Waals surface area contributed by atoms with E-state index in [9.17, 15) is 4.79 Å². The van der Waals surface area contributed by atoms with Gasteiger partial charge in [-0.1, -0.05) is 23.7 Å². The summed E-state index contributed by atoms with van der Waals surface area (Å²) >= 11 is 6.04. The van der Waals surface area contributed by atoms with Crippen LogP contribution in [0, 0.1) is 6.92 Å². The van der Waals surface area contributed by atoms with Crippen LogP contribution >= 0.6 is 11.6 Å². The van der Waals surface area contributed by atoms with Crippen molar-refractivity contribution in [3.05, 3.63) is 53.1 Å². The molecule has 1 atom stereocenters. The van der Waals surface area contributed by atoms with Gasteiger partial charge < -0.3 is 14.8 Å². The zero-order valence-electron chi connectivity index (χ0n) is 12.7. The second kappa shape index (κ2) is 7.18. The number of carbonyl (C=O) groups is 1. The van der Waals surface area contributed by atoms with Crippen molar-refractivity contribution >= 4 is 23.2 Å². The van der Waals surface area contributed by atoms with Gasteiger partial charge in [0.05, 0.1) is 7.11 Å². The molecule has 22 heavy (non-hydrogen) atoms. The molecule has 2 aromatic rings. The number of hydrogen-bond acceptors (Lipinski definition) is 3. The van der Waals surface area contributed by atoms with Crippen molar-refractivity contribution in [2.75, 3.05) is 12.4 Å². The Balaban J connectivity index is 2.00. The molecule has 2 aromatic carbocycles. The van der Waals surface area contributed by atoms with Crippen LogP contribution in [0.5, 0.6) is 11.5 Å². The standard InChI is InChI=1S/C17H18ClNO3/c1-11-7-8-13(9-16(11)18)19-17(20)12(2)22-15-6-4-5-14(10-15)21-3/h4-10,12H,1-3H3,(H,19,20). The third-order valence-corrected chi connectivity index (χ3v) is 3.57. The number of methoxy groups -OCH3 is 1. The molecular weight excluding hydrogens is 302 g/mol. The van der Waals surface area contributed by atoms with E-state index in [0.29, 0.717) is 22.2 Å². The van der Waals surface area contributed by atoms with Crippen molar-refractivity contribution in [1.82, 2.24) is 0 Å². The van der Waals surface area contributed by atoms with Crippen molar-refractivity contribution in [1.29, 1.82) is 0 Å². The van der Waals surface area contributed by atoms with Crippen molar-refractivity contribution in [3.63, 3.8) is 0 Å². The smallest absolute Gasteiger partial charge is 0.265 e. The summed E-state index contributed by atoms with van der Waals surface area (Å²) in [5.74, 6) is 1.00. The lowest BCUT2D eigenvalue weighted by Gasteiger charge is -2.15. The Morgan fingerprint density at radius 2 is 1.91 bits per heavy atom. The quantitative estimate of drug-likeness (QED) is 0.904. The van der Waals surface area contributed by atoms with Crippen LogP contribution in [0.15, 0.2) is 42.5 Å². The molecular formula is C17H18ClNO3. The van der Waals surface area contributed by atoms with Gasteiger partial charge in [0.25, 0.3) is 5.91 Å². The number of amides is 1. The predicted molar refractivity (Wildman–Crippen MR) is 87.9 cm³/mol. The van der Waals surface area contributed by atoms with Gasteiger partial charge in [-0.25, -0.2) is 0 Å². The predicted octanol–water partition coefficient (Wildman–Crippen LogP) is 4.06. The molecule has 4 nitrogen and oxygen atoms in total. The van der Waals surface area contributed by atoms with Gasteiger partial charge in [-0.15, -0.1) is 0 Å². The normalized spacial score (nSPS) is 11.6. The first-order valence-electron chi connectivity index (χ1n) is 6.87. The molecule has 116 valence electrons. The average molecular weight is 320 g/mol. The first-order chi connectivity index (χ1) is 10.5. The van der Waals surface area contributed by atoms with Crippen molar-refractivity contribution in [3.8, 4) is 11.5 Å². The van der Waals surface area contributed by atoms with Gasteiger partial charge in [-0.3, -0.25) is 4.79 Å². The molecule has 0 aliphatic carbocycles. The number of ether oxygens (including phenoxy) is 2. The molecule has 1 unspecified atom stereocenters. The highest BCUT2D eigenvalue weighted by Crippen LogP contribution is 2.22. The van der Waals surface area contributed by atoms with Crippen LogP contribution in [0.25, 0.3) is 0 Å². The van der Waals surface area contributed by atoms with Gasteiger partial charge in [-0.05, 0) is 43.7 Å². The maximum atomic E-state index is 12.2. The summed E-state index contributed by atoms with van der Waals surface area (Å²) in [6, 6.07) is 12.5. The van der Waals surface area contributed by atoms with E-state index in [1.807, 2.05) is 19.1 Å². The molecule has 0 spiro atoms. The number of anilines is 1. The number of hydrogen-bond donors (Lipinski definition) is 1. The number of benzene rings is 2. The van der Waals surface area contributed by atoms with Crippen LogP contribution in [0.4, 0.5) is 5.69 Å². The minimum absolute atomic E-state index is 0.247. The molecule has 0 aliphatic heterocycles. The summed E-state index contributed by atoms with van der Waals surface area (Å²) in [5.41, 5.74) is 1.60. The topological polar surface area (TPSA) is 47.6 Å². The van der Waals surface area contributed by atoms with Crippen LogP contribution in [0.3, 0.4) is 0 Å². The summed E-state index contributed by atoms with van der Waals surface area (Å²) in [7, 11) is 1.58. The average Bonchev–Trinajstić information content (AvgIpc) is 2.51. The van der Waals surface area contributed by atoms with E-state index in [4.69, 9.17) is 21.1 Å². The lowest BCUT2D eigenvalue weighted by atomic mass is 10.2. The molecule has 0 fully saturated rings. The summed E-state index contributed by atoms with van der Waals surface area (Å²) in [6.07, 6.45) is -0.646. The van der Waals surface area contributed by atoms with Gasteiger partial charge in [-0.2, -0.15) is 0 Å². The van der Waals surface area contributed by atoms with Gasteiger partial charge in [0, 0.05) is 16.8 Å². The number of nitrogens with one attached hydrogen (secondary N) is 1. The number of aryl methyl sites for hydroxylation is 1. The lowest BCUT2D eigenvalue weighted by Crippen LogP contribution is -2.30. The zero-order valence-corrected chi connectivity index (χ0v) is 13.5. The molecule has 1 amide bonds. The van der Waals surface area contributed by atoms with Gasteiger partial charge in [0.2, 0.25) is 0 Å². The molecule has 0 saturated heterocycles. The monoisotopic (exact) mass is 319 g/mol. The van der Waals surface area contributed by atoms with E-state index in [2.05, 4.69) is 5.32 Å². The highest BCUT2D eigenvalue weighted by atomic mass is 35.5. The second-order valence-electron chi connectivity index (χ2n) is 4.89. The Kier molecular flexibility index (Phi) is 5.28. The minimum Gasteiger partial charge on any atom is -0.497 e. The molecule has 0 saturated carbocycles. The summed E-state index contributed by atoms with van der Waals surface area (Å²) in [6.45, 7) is 3.59. The van der Waals surface area contributed by atoms with E-state index in [0.717, 1.165) is 5.56 Å². The van der Waals surface area contributed by atoms with Crippen LogP contribution in [-0.2, 0) is 4.79 Å². The third kappa shape index (κ3) is 4.15. The molecule has 0 aliphatic rings. The molecule has 0 radical (unpaired) electrons. The Hall–Kier alpha value is -2.20. The van der Waals surface area contributed by atoms with Crippen molar-refractivity contribution < 1.29 is 14.3 Å². The fourth-order valence-corrected chi connectivity index (χ4v) is 2.03. The lowest BCUT2D eigenvalue weighted by molar-refractivity contribution is -0.122. The Morgan fingerprint density at radius 1 is 1.18 bits per heavy atom. The summed E-state index contributed by atoms with van der Waals surface area (Å²) in [4.78, 5) is 12.2. The molecule has 2 rings (SSSR count). The fraction of sp³-hybridized carbons (Fsp3) is 0.235. The van der Waals surface area contributed by atoms with Crippen molar-refractivity contribution in [2.24, 2.45) is 0 Å². The zero-order chi connectivity index (χ0) is 16.1. The second-order valence-corrected chi connectivity index (χ2v) is 5.30. The third-order valence-electron chi connectivity index (χ3n) is 3.16. The molecule has 0 bridgehead atoms. The number of halogens is 1. The first kappa shape index (κ1) is 16.2. The maximum Gasteiger partial charge on any atom is 0.265 e. The maximum absolute atomic E-state index is 12.2. The molecule has 5 heteroatoms. The summed E-state index contributed by atoms with van der Waals surface area (Å²) in [5, 5.41) is 3.39. The largest absolute Gasteiger partial charge is 0.497 e. The number of rotatable bonds is 5. The van der Waals surface area contributed by atoms with E-state index < -0.39 is 6.10 Å². The van der Waals surface area contributed by atoms with Gasteiger partial charge >= 0.3 is 0 Å². The minimum atomic E-state index is -0.646. The van der Waals surface area contributed by atoms with Crippen LogP contribution in [0.1, 0.15) is 12.5 Å². The van der Waals surface area contributed by atoms with E-state index in [1.54, 1.807) is 44.4 Å². The highest BCUT2D eigenvalue weighted by Gasteiger charge is 2.15. The SMILES string of the molecule is COc1cccc(OC(C)C(=O)Nc2ccc(C)c(Cl)c2)c1. The first-order valence-corrected chi connectivity index (χ1v) is 7.25. The van der Waals surface area contributed by atoms with Gasteiger partial charge in [0.1, 0.15) is 11.5 Å². The van der Waals surface area contributed by atoms with Gasteiger partial charge in [0.15, 0.2) is 6.10 Å². The Labute approximate surface area is 135 Å². The van der Waals surface area contributed by atoms with E-state index in [-0.39, 0.29) is 5.91 Å². The Morgan fingerprint density at radius 3 is 2.59 bits per heavy atom. The Bertz CT molecular complexity index is 673. The molecule has 0 aromatic heterocycles. The highest BCUT2D eigenvalue weighted by molar-refractivity contribution is 6.31. The van der Waals surface area contributed by atoms with E-state index >= 15 is 0 Å².